The largest absolute Gasteiger partial charge is 0.480 e. The molecule has 0 unspecified atom stereocenters. The summed E-state index contributed by atoms with van der Waals surface area (Å²) in [6, 6.07) is 55.0. The number of hydrogen-bond donors (Lipinski definition) is 0. The fourth-order valence-corrected chi connectivity index (χ4v) is 18.6. The minimum absolute atomic E-state index is 0. The lowest BCUT2D eigenvalue weighted by Crippen LogP contribution is -2.30. The average molecular weight is 1990 g/mol. The van der Waals surface area contributed by atoms with E-state index in [1.807, 2.05) is 175 Å². The number of amides is 4. The predicted octanol–water partition coefficient (Wildman–Crippen LogP) is 22.7. The van der Waals surface area contributed by atoms with Crippen molar-refractivity contribution in [3.05, 3.63) is 327 Å². The van der Waals surface area contributed by atoms with Gasteiger partial charge in [0.25, 0.3) is 0 Å². The lowest BCUT2D eigenvalue weighted by molar-refractivity contribution is -0.141. The maximum atomic E-state index is 14.6. The van der Waals surface area contributed by atoms with Gasteiger partial charge in [0, 0.05) is 136 Å². The van der Waals surface area contributed by atoms with Crippen LogP contribution in [-0.2, 0) is 93.7 Å². The SMILES string of the molecule is C.C.C.C.CC(C)c1c(F)cccc1-c1ncc2c(n1)N(Cc1ccc(-c3nc(C(F)(F)F)cn3C3COC3)cc1)C(=O)C2.COc1ccn(-c2ccc(CN3C(=O)Cc4cnc(-c5ccccc5C(C)C)nc43)cc2)n1.Cc1cn(C)c(-c2ccc(CN3C(=O)Cc4cnc(-c5ccccc5C(C)C)nc43)cn2)n1.Cc1cn(C2COC2)c(-c2ccc(CN3C(=O)Cc4cnc(-c5cccc(F)c5C(C)C)nc43)cc2)n1. The summed E-state index contributed by atoms with van der Waals surface area (Å²) < 4.78 is 92.4. The average Bonchev–Trinajstić information content (AvgIpc) is 1.70. The summed E-state index contributed by atoms with van der Waals surface area (Å²) >= 11 is 0. The minimum Gasteiger partial charge on any atom is -0.480 e. The van der Waals surface area contributed by atoms with E-state index in [1.165, 1.54) is 27.8 Å². The van der Waals surface area contributed by atoms with Gasteiger partial charge < -0.3 is 27.9 Å². The van der Waals surface area contributed by atoms with E-state index in [9.17, 15) is 41.1 Å². The van der Waals surface area contributed by atoms with Crippen molar-refractivity contribution in [1.82, 2.24) is 83.3 Å². The number of aryl methyl sites for hydroxylation is 3. The number of methoxy groups -OCH3 is 1. The number of fused-ring (bicyclic) bond motifs is 4. The molecule has 6 aliphatic heterocycles. The summed E-state index contributed by atoms with van der Waals surface area (Å²) in [6.07, 6.45) is 12.1. The smallest absolute Gasteiger partial charge is 0.434 e. The molecule has 2 saturated heterocycles. The van der Waals surface area contributed by atoms with Gasteiger partial charge in [-0.05, 0) is 101 Å². The van der Waals surface area contributed by atoms with Crippen molar-refractivity contribution >= 4 is 46.9 Å². The summed E-state index contributed by atoms with van der Waals surface area (Å²) in [6.45, 7) is 23.8. The van der Waals surface area contributed by atoms with Gasteiger partial charge in [0.05, 0.1) is 115 Å². The Morgan fingerprint density at radius 1 is 0.395 bits per heavy atom. The van der Waals surface area contributed by atoms with Crippen LogP contribution >= 0.6 is 0 Å². The summed E-state index contributed by atoms with van der Waals surface area (Å²) in [5.74, 6) is 6.90. The molecule has 33 heteroatoms. The maximum Gasteiger partial charge on any atom is 0.434 e. The van der Waals surface area contributed by atoms with Crippen LogP contribution in [0.25, 0.3) is 85.5 Å². The molecule has 0 radical (unpaired) electrons. The monoisotopic (exact) mass is 1990 g/mol. The second-order valence-corrected chi connectivity index (χ2v) is 37.6. The first-order valence-corrected chi connectivity index (χ1v) is 47.5. The molecule has 6 aliphatic rings. The molecule has 7 aromatic carbocycles. The van der Waals surface area contributed by atoms with Crippen LogP contribution in [0.5, 0.6) is 5.88 Å². The van der Waals surface area contributed by atoms with Crippen molar-refractivity contribution in [1.29, 1.82) is 0 Å². The number of pyridine rings is 1. The van der Waals surface area contributed by atoms with E-state index in [0.29, 0.717) is 163 Å². The quantitative estimate of drug-likeness (QED) is 0.0537. The third-order valence-electron chi connectivity index (χ3n) is 26.1. The number of nitrogens with zero attached hydrogens (tertiary/aromatic N) is 21. The highest BCUT2D eigenvalue weighted by atomic mass is 19.4. The zero-order valence-electron chi connectivity index (χ0n) is 81.0. The number of hydrogen-bond acceptors (Lipinski definition) is 20. The molecule has 0 N–H and O–H groups in total. The Kier molecular flexibility index (Phi) is 31.8. The second-order valence-electron chi connectivity index (χ2n) is 37.6. The minimum atomic E-state index is -4.56. The number of ether oxygens (including phenoxy) is 3. The number of carbonyl (C=O) groups is 4. The van der Waals surface area contributed by atoms with Crippen molar-refractivity contribution < 1.29 is 55.3 Å². The fraction of sp³-hybridized carbons (Fsp3) is 0.307. The molecular weight excluding hydrogens is 1870 g/mol. The molecule has 15 heterocycles. The number of imidazole rings is 3. The van der Waals surface area contributed by atoms with Crippen LogP contribution in [-0.4, -0.2) is 140 Å². The molecule has 9 aromatic heterocycles. The third kappa shape index (κ3) is 22.1. The summed E-state index contributed by atoms with van der Waals surface area (Å²) in [5, 5.41) is 4.34. The fourth-order valence-electron chi connectivity index (χ4n) is 18.6. The van der Waals surface area contributed by atoms with Crippen molar-refractivity contribution in [2.45, 2.75) is 193 Å². The van der Waals surface area contributed by atoms with Crippen molar-refractivity contribution in [3.63, 3.8) is 0 Å². The van der Waals surface area contributed by atoms with Crippen LogP contribution in [0.2, 0.25) is 0 Å². The van der Waals surface area contributed by atoms with Crippen molar-refractivity contribution in [3.8, 4) is 91.4 Å². The zero-order valence-corrected chi connectivity index (χ0v) is 81.0. The Balaban J connectivity index is 0.000000146. The van der Waals surface area contributed by atoms with Crippen LogP contribution in [0.15, 0.2) is 232 Å². The Hall–Kier alpha value is -15.9. The highest BCUT2D eigenvalue weighted by Crippen LogP contribution is 2.42. The molecular formula is C114H120F5N21O7. The summed E-state index contributed by atoms with van der Waals surface area (Å²) in [5.41, 5.74) is 17.9. The molecule has 0 atom stereocenters. The Morgan fingerprint density at radius 2 is 0.762 bits per heavy atom. The second kappa shape index (κ2) is 44.4. The zero-order chi connectivity index (χ0) is 99.9. The first kappa shape index (κ1) is 105. The first-order valence-electron chi connectivity index (χ1n) is 47.5. The number of aromatic nitrogens is 17. The van der Waals surface area contributed by atoms with Gasteiger partial charge in [0.1, 0.15) is 52.2 Å². The van der Waals surface area contributed by atoms with Gasteiger partial charge in [-0.1, -0.05) is 225 Å². The molecule has 0 spiro atoms. The van der Waals surface area contributed by atoms with Gasteiger partial charge in [-0.3, -0.25) is 43.8 Å². The van der Waals surface area contributed by atoms with Crippen LogP contribution in [0, 0.1) is 25.5 Å². The number of halogens is 5. The highest BCUT2D eigenvalue weighted by Gasteiger charge is 2.40. The van der Waals surface area contributed by atoms with E-state index < -0.39 is 11.9 Å². The Morgan fingerprint density at radius 3 is 1.12 bits per heavy atom. The van der Waals surface area contributed by atoms with E-state index in [4.69, 9.17) is 34.1 Å². The van der Waals surface area contributed by atoms with E-state index in [1.54, 1.807) is 105 Å². The molecule has 22 rings (SSSR count). The van der Waals surface area contributed by atoms with E-state index >= 15 is 0 Å². The van der Waals surface area contributed by atoms with Crippen molar-refractivity contribution in [2.75, 3.05) is 53.1 Å². The standard InChI is InChI=1S/C29H25F4N5O2.C29H28FN5O2.C26H26N6O.C26H25N5O2.4CH4/c1-16(2)25-21(4-3-5-22(25)30)26-34-11-19-10-24(39)38(28(19)36-26)12-17-6-8-18(9-7-17)27-35-23(29(31,32)33)13-37(27)20-14-40-15-20;1-17(2)26-23(5-4-6-24(26)30)27-31-12-21-11-25(36)35(29(21)33-27)14-19-7-9-20(10-8-19)28-32-18(3)13-34(28)22-15-37-16-22;1-16(2)20-7-5-6-8-21(20)24-28-13-19-11-23(33)32(25(19)30-24)15-18-9-10-22(27-12-18)26-29-17(3)14-31(26)4;1-17(2)21-6-4-5-7-22(21)25-27-15-19-14-24(32)30(26(19)28-25)16-18-8-10-20(11-9-18)31-13-12-23(29-31)33-3;;;;/h3-9,11,13,16,20H,10,12,14-15H2,1-2H3;4-10,12-13,17,22H,11,14-16H2,1-3H3;5-10,12-14,16H,11,15H2,1-4H3;4-13,15,17H,14,16H2,1-3H3;4*1H4. The lowest BCUT2D eigenvalue weighted by Gasteiger charge is -2.28. The molecule has 0 bridgehead atoms. The van der Waals surface area contributed by atoms with Crippen LogP contribution in [0.3, 0.4) is 0 Å². The topological polar surface area (TPSA) is 296 Å². The summed E-state index contributed by atoms with van der Waals surface area (Å²) in [7, 11) is 3.55. The molecule has 147 heavy (non-hydrogen) atoms. The van der Waals surface area contributed by atoms with Gasteiger partial charge in [-0.25, -0.2) is 68.3 Å². The number of benzene rings is 7. The van der Waals surface area contributed by atoms with Crippen LogP contribution in [0.4, 0.5) is 45.2 Å². The molecule has 758 valence electrons. The number of rotatable bonds is 23. The Bertz CT molecular complexity index is 7500. The third-order valence-corrected chi connectivity index (χ3v) is 26.1. The van der Waals surface area contributed by atoms with Gasteiger partial charge in [-0.2, -0.15) is 13.2 Å². The van der Waals surface area contributed by atoms with Gasteiger partial charge in [0.15, 0.2) is 34.8 Å². The summed E-state index contributed by atoms with van der Waals surface area (Å²) in [4.78, 5) is 113. The van der Waals surface area contributed by atoms with Gasteiger partial charge in [0.2, 0.25) is 29.5 Å². The van der Waals surface area contributed by atoms with Crippen LogP contribution in [0.1, 0.15) is 205 Å². The molecule has 2 fully saturated rings. The lowest BCUT2D eigenvalue weighted by atomic mass is 9.96. The first-order chi connectivity index (χ1) is 68.9. The van der Waals surface area contributed by atoms with E-state index in [2.05, 4.69) is 95.6 Å². The van der Waals surface area contributed by atoms with Crippen molar-refractivity contribution in [2.24, 2.45) is 7.05 Å². The number of carbonyl (C=O) groups excluding carboxylic acids is 4. The molecule has 4 amide bonds. The predicted molar refractivity (Wildman–Crippen MR) is 559 cm³/mol. The maximum absolute atomic E-state index is 14.6. The number of alkyl halides is 3. The molecule has 0 aliphatic carbocycles. The Labute approximate surface area is 852 Å². The van der Waals surface area contributed by atoms with Gasteiger partial charge in [-0.15, -0.1) is 5.10 Å². The molecule has 28 nitrogen and oxygen atoms in total. The molecule has 0 saturated carbocycles. The van der Waals surface area contributed by atoms with Crippen LogP contribution < -0.4 is 24.3 Å². The highest BCUT2D eigenvalue weighted by molar-refractivity contribution is 6.03. The van der Waals surface area contributed by atoms with E-state index in [0.717, 1.165) is 96.2 Å². The van der Waals surface area contributed by atoms with Gasteiger partial charge >= 0.3 is 6.18 Å². The van der Waals surface area contributed by atoms with E-state index in [-0.39, 0.29) is 108 Å². The molecule has 16 aromatic rings. The normalized spacial score (nSPS) is 14.0. The number of anilines is 4.